The van der Waals surface area contributed by atoms with Gasteiger partial charge >= 0.3 is 0 Å². The van der Waals surface area contributed by atoms with Gasteiger partial charge in [0.05, 0.1) is 10.5 Å². The molecule has 0 atom stereocenters. The second kappa shape index (κ2) is 9.17. The van der Waals surface area contributed by atoms with E-state index in [1.54, 1.807) is 38.4 Å². The van der Waals surface area contributed by atoms with Crippen LogP contribution in [0.4, 0.5) is 0 Å². The molecule has 1 aliphatic heterocycles. The van der Waals surface area contributed by atoms with Gasteiger partial charge in [-0.25, -0.2) is 21.6 Å². The third kappa shape index (κ3) is 5.53. The molecule has 0 spiro atoms. The number of hydrogen-bond acceptors (Lipinski definition) is 6. The van der Waals surface area contributed by atoms with E-state index in [4.69, 9.17) is 0 Å². The molecule has 1 fully saturated rings. The van der Waals surface area contributed by atoms with Crippen molar-refractivity contribution in [2.45, 2.75) is 22.8 Å². The van der Waals surface area contributed by atoms with Crippen molar-refractivity contribution < 1.29 is 16.8 Å². The molecule has 12 heteroatoms. The second-order valence-corrected chi connectivity index (χ2v) is 12.0. The van der Waals surface area contributed by atoms with Gasteiger partial charge in [-0.3, -0.25) is 4.99 Å². The molecule has 0 unspecified atom stereocenters. The first-order valence-corrected chi connectivity index (χ1v) is 11.8. The summed E-state index contributed by atoms with van der Waals surface area (Å²) in [7, 11) is -4.99. The van der Waals surface area contributed by atoms with Crippen molar-refractivity contribution in [2.24, 2.45) is 4.99 Å². The predicted molar refractivity (Wildman–Crippen MR) is 116 cm³/mol. The SMILES string of the molecule is CN=C(NCCNS(=O)(=O)c1cccs1)N1CCS(=O)(=O)C(C)(C)C1.I. The van der Waals surface area contributed by atoms with Crippen LogP contribution in [0.2, 0.25) is 0 Å². The number of nitrogens with zero attached hydrogens (tertiary/aromatic N) is 2. The maximum absolute atomic E-state index is 12.1. The van der Waals surface area contributed by atoms with Gasteiger partial charge in [-0.1, -0.05) is 6.07 Å². The molecular formula is C14H25IN4O4S3. The highest BCUT2D eigenvalue weighted by molar-refractivity contribution is 14.0. The van der Waals surface area contributed by atoms with Gasteiger partial charge in [0.1, 0.15) is 4.21 Å². The molecule has 0 bridgehead atoms. The van der Waals surface area contributed by atoms with Crippen LogP contribution in [0.1, 0.15) is 13.8 Å². The molecule has 26 heavy (non-hydrogen) atoms. The van der Waals surface area contributed by atoms with E-state index < -0.39 is 24.6 Å². The average molecular weight is 536 g/mol. The molecule has 1 aliphatic rings. The van der Waals surface area contributed by atoms with Crippen LogP contribution in [0.15, 0.2) is 26.7 Å². The van der Waals surface area contributed by atoms with Crippen molar-refractivity contribution in [3.8, 4) is 0 Å². The highest BCUT2D eigenvalue weighted by atomic mass is 127. The molecule has 0 amide bonds. The van der Waals surface area contributed by atoms with Crippen molar-refractivity contribution in [3.63, 3.8) is 0 Å². The second-order valence-electron chi connectivity index (χ2n) is 6.30. The van der Waals surface area contributed by atoms with Crippen molar-refractivity contribution in [1.82, 2.24) is 14.9 Å². The quantitative estimate of drug-likeness (QED) is 0.249. The van der Waals surface area contributed by atoms with Gasteiger partial charge < -0.3 is 10.2 Å². The fraction of sp³-hybridized carbons (Fsp3) is 0.643. The lowest BCUT2D eigenvalue weighted by atomic mass is 10.2. The molecule has 2 rings (SSSR count). The summed E-state index contributed by atoms with van der Waals surface area (Å²) in [6, 6.07) is 3.24. The Labute approximate surface area is 176 Å². The van der Waals surface area contributed by atoms with Crippen LogP contribution < -0.4 is 10.0 Å². The van der Waals surface area contributed by atoms with Crippen LogP contribution >= 0.6 is 35.3 Å². The number of sulfone groups is 1. The maximum atomic E-state index is 12.1. The minimum Gasteiger partial charge on any atom is -0.355 e. The zero-order chi connectivity index (χ0) is 18.7. The number of rotatable bonds is 5. The van der Waals surface area contributed by atoms with E-state index in [1.807, 2.05) is 4.90 Å². The monoisotopic (exact) mass is 536 g/mol. The molecule has 1 aromatic heterocycles. The number of thiophene rings is 1. The number of aliphatic imine (C=N–C) groups is 1. The molecule has 0 saturated carbocycles. The summed E-state index contributed by atoms with van der Waals surface area (Å²) in [6.45, 7) is 4.67. The van der Waals surface area contributed by atoms with E-state index >= 15 is 0 Å². The fourth-order valence-corrected chi connectivity index (χ4v) is 5.94. The summed E-state index contributed by atoms with van der Waals surface area (Å²) < 4.78 is 50.2. The van der Waals surface area contributed by atoms with Gasteiger partial charge in [-0.2, -0.15) is 0 Å². The van der Waals surface area contributed by atoms with Gasteiger partial charge in [0.15, 0.2) is 15.8 Å². The number of nitrogens with one attached hydrogen (secondary N) is 2. The number of sulfonamides is 1. The Morgan fingerprint density at radius 3 is 2.62 bits per heavy atom. The summed E-state index contributed by atoms with van der Waals surface area (Å²) in [5.41, 5.74) is 0. The third-order valence-electron chi connectivity index (χ3n) is 4.01. The number of guanidine groups is 1. The van der Waals surface area contributed by atoms with Gasteiger partial charge in [0.25, 0.3) is 0 Å². The standard InChI is InChI=1S/C14H24N4O4S3.HI/c1-14(2)11-18(8-10-24(14,19)20)13(15-3)16-6-7-17-25(21,22)12-5-4-9-23-12;/h4-5,9,17H,6-8,10-11H2,1-3H3,(H,15,16);1H. The molecule has 0 radical (unpaired) electrons. The molecule has 0 aromatic carbocycles. The van der Waals surface area contributed by atoms with Gasteiger partial charge in [0.2, 0.25) is 10.0 Å². The van der Waals surface area contributed by atoms with E-state index in [0.29, 0.717) is 25.6 Å². The van der Waals surface area contributed by atoms with Crippen LogP contribution in [0.25, 0.3) is 0 Å². The van der Waals surface area contributed by atoms with Gasteiger partial charge in [0, 0.05) is 33.2 Å². The smallest absolute Gasteiger partial charge is 0.250 e. The average Bonchev–Trinajstić information content (AvgIpc) is 3.06. The summed E-state index contributed by atoms with van der Waals surface area (Å²) in [4.78, 5) is 6.05. The molecule has 150 valence electrons. The Balaban J connectivity index is 0.00000338. The zero-order valence-corrected chi connectivity index (χ0v) is 19.7. The Morgan fingerprint density at radius 1 is 1.38 bits per heavy atom. The first-order chi connectivity index (χ1) is 11.6. The lowest BCUT2D eigenvalue weighted by molar-refractivity contribution is 0.353. The fourth-order valence-electron chi connectivity index (χ4n) is 2.50. The minimum absolute atomic E-state index is 0. The van der Waals surface area contributed by atoms with Crippen LogP contribution in [0, 0.1) is 0 Å². The van der Waals surface area contributed by atoms with E-state index in [0.717, 1.165) is 11.3 Å². The molecule has 1 aromatic rings. The summed E-state index contributed by atoms with van der Waals surface area (Å²) in [6.07, 6.45) is 0. The summed E-state index contributed by atoms with van der Waals surface area (Å²) in [5, 5.41) is 4.79. The normalized spacial score (nSPS) is 19.7. The van der Waals surface area contributed by atoms with Gasteiger partial charge in [-0.05, 0) is 25.3 Å². The molecule has 0 aliphatic carbocycles. The van der Waals surface area contributed by atoms with Crippen molar-refractivity contribution in [3.05, 3.63) is 17.5 Å². The van der Waals surface area contributed by atoms with Crippen molar-refractivity contribution in [1.29, 1.82) is 0 Å². The topological polar surface area (TPSA) is 108 Å². The Morgan fingerprint density at radius 2 is 2.08 bits per heavy atom. The number of hydrogen-bond donors (Lipinski definition) is 2. The maximum Gasteiger partial charge on any atom is 0.250 e. The Bertz CT molecular complexity index is 820. The van der Waals surface area contributed by atoms with E-state index in [-0.39, 0.29) is 40.5 Å². The minimum atomic E-state index is -3.48. The van der Waals surface area contributed by atoms with E-state index in [1.165, 1.54) is 0 Å². The van der Waals surface area contributed by atoms with E-state index in [2.05, 4.69) is 15.0 Å². The first-order valence-electron chi connectivity index (χ1n) is 7.80. The first kappa shape index (κ1) is 23.6. The van der Waals surface area contributed by atoms with Crippen LogP contribution in [0.3, 0.4) is 0 Å². The molecule has 2 N–H and O–H groups in total. The lowest BCUT2D eigenvalue weighted by Gasteiger charge is -2.39. The van der Waals surface area contributed by atoms with Crippen molar-refractivity contribution in [2.75, 3.05) is 39.0 Å². The highest BCUT2D eigenvalue weighted by Gasteiger charge is 2.40. The summed E-state index contributed by atoms with van der Waals surface area (Å²) >= 11 is 1.16. The van der Waals surface area contributed by atoms with Gasteiger partial charge in [-0.15, -0.1) is 35.3 Å². The highest BCUT2D eigenvalue weighted by Crippen LogP contribution is 2.23. The Hall–Kier alpha value is -0.440. The third-order valence-corrected chi connectivity index (χ3v) is 9.41. The summed E-state index contributed by atoms with van der Waals surface area (Å²) in [5.74, 6) is 0.643. The Kier molecular flexibility index (Phi) is 8.32. The predicted octanol–water partition coefficient (Wildman–Crippen LogP) is 0.729. The molecule has 8 nitrogen and oxygen atoms in total. The van der Waals surface area contributed by atoms with E-state index in [9.17, 15) is 16.8 Å². The molecule has 1 saturated heterocycles. The largest absolute Gasteiger partial charge is 0.355 e. The van der Waals surface area contributed by atoms with Crippen molar-refractivity contribution >= 4 is 61.1 Å². The van der Waals surface area contributed by atoms with Crippen LogP contribution in [-0.4, -0.2) is 71.4 Å². The molecule has 2 heterocycles. The number of halogens is 1. The zero-order valence-electron chi connectivity index (χ0n) is 14.9. The van der Waals surface area contributed by atoms with Crippen LogP contribution in [0.5, 0.6) is 0 Å². The van der Waals surface area contributed by atoms with Crippen LogP contribution in [-0.2, 0) is 19.9 Å². The lowest BCUT2D eigenvalue weighted by Crippen LogP contribution is -2.57. The molecular weight excluding hydrogens is 511 g/mol.